The molecule has 0 rings (SSSR count). The second-order valence-electron chi connectivity index (χ2n) is 4.80. The molecule has 0 bridgehead atoms. The maximum absolute atomic E-state index is 11.2. The Morgan fingerprint density at radius 3 is 1.30 bits per heavy atom. The van der Waals surface area contributed by atoms with Crippen molar-refractivity contribution in [1.82, 2.24) is 10.6 Å². The largest absolute Gasteiger partial charge is 0.311 e. The summed E-state index contributed by atoms with van der Waals surface area (Å²) in [6, 6.07) is 0.0129. The van der Waals surface area contributed by atoms with Gasteiger partial charge in [0.15, 0.2) is 0 Å². The molecule has 0 fully saturated rings. The van der Waals surface area contributed by atoms with E-state index in [1.807, 2.05) is 53.6 Å². The Bertz CT molecular complexity index is 248. The van der Waals surface area contributed by atoms with Crippen LogP contribution < -0.4 is 10.6 Å². The van der Waals surface area contributed by atoms with E-state index in [9.17, 15) is 9.59 Å². The summed E-state index contributed by atoms with van der Waals surface area (Å²) in [6.45, 7) is 11.3. The number of Topliss-reactive ketones (excluding diaryl/α,β-unsaturated/α-hetero) is 2. The number of rotatable bonds is 12. The van der Waals surface area contributed by atoms with Crippen LogP contribution in [-0.4, -0.2) is 49.3 Å². The van der Waals surface area contributed by atoms with Gasteiger partial charge < -0.3 is 10.6 Å². The smallest absolute Gasteiger partial charge is 0.146 e. The second-order valence-corrected chi connectivity index (χ2v) is 6.03. The lowest BCUT2D eigenvalue weighted by atomic mass is 10.1. The van der Waals surface area contributed by atoms with E-state index in [4.69, 9.17) is 0 Å². The van der Waals surface area contributed by atoms with Crippen LogP contribution in [-0.2, 0) is 9.59 Å². The predicted molar refractivity (Wildman–Crippen MR) is 106 cm³/mol. The Balaban J connectivity index is -0.000000919. The molecule has 0 aliphatic heterocycles. The van der Waals surface area contributed by atoms with Gasteiger partial charge in [0.05, 0.1) is 12.1 Å². The first-order valence-corrected chi connectivity index (χ1v) is 10.1. The van der Waals surface area contributed by atoms with E-state index in [1.165, 1.54) is 0 Å². The van der Waals surface area contributed by atoms with Crippen LogP contribution in [0.3, 0.4) is 0 Å². The molecule has 0 aliphatic rings. The zero-order chi connectivity index (χ0) is 18.7. The topological polar surface area (TPSA) is 58.2 Å². The maximum atomic E-state index is 11.2. The van der Waals surface area contributed by atoms with Gasteiger partial charge in [-0.3, -0.25) is 9.59 Å². The average molecular weight is 349 g/mol. The van der Waals surface area contributed by atoms with Crippen molar-refractivity contribution in [3.63, 3.8) is 0 Å². The molecule has 2 unspecified atom stereocenters. The highest BCUT2D eigenvalue weighted by atomic mass is 32.2. The minimum absolute atomic E-state index is 0.00647. The molecule has 0 aliphatic carbocycles. The molecule has 2 atom stereocenters. The molecule has 0 aromatic rings. The van der Waals surface area contributed by atoms with Crippen LogP contribution in [0.5, 0.6) is 0 Å². The molecule has 4 nitrogen and oxygen atoms in total. The third-order valence-electron chi connectivity index (χ3n) is 3.24. The van der Waals surface area contributed by atoms with E-state index in [2.05, 4.69) is 10.6 Å². The van der Waals surface area contributed by atoms with Gasteiger partial charge in [0.25, 0.3) is 0 Å². The third kappa shape index (κ3) is 17.8. The lowest BCUT2D eigenvalue weighted by Gasteiger charge is -2.13. The number of hydrogen-bond donors (Lipinski definition) is 2. The van der Waals surface area contributed by atoms with E-state index in [0.717, 1.165) is 37.2 Å². The monoisotopic (exact) mass is 348 g/mol. The fourth-order valence-electron chi connectivity index (χ4n) is 1.98. The van der Waals surface area contributed by atoms with E-state index >= 15 is 0 Å². The van der Waals surface area contributed by atoms with Crippen LogP contribution >= 0.6 is 11.8 Å². The van der Waals surface area contributed by atoms with Gasteiger partial charge in [-0.25, -0.2) is 0 Å². The summed E-state index contributed by atoms with van der Waals surface area (Å²) < 4.78 is 0. The van der Waals surface area contributed by atoms with Gasteiger partial charge in [0.2, 0.25) is 0 Å². The Hall–Kier alpha value is -0.390. The van der Waals surface area contributed by atoms with Crippen molar-refractivity contribution >= 4 is 23.3 Å². The maximum Gasteiger partial charge on any atom is 0.146 e. The van der Waals surface area contributed by atoms with E-state index in [-0.39, 0.29) is 23.7 Å². The molecule has 0 spiro atoms. The molecular weight excluding hydrogens is 308 g/mol. The van der Waals surface area contributed by atoms with Gasteiger partial charge in [0, 0.05) is 0 Å². The Morgan fingerprint density at radius 1 is 0.783 bits per heavy atom. The second kappa shape index (κ2) is 21.6. The first-order valence-electron chi connectivity index (χ1n) is 8.96. The molecule has 140 valence electrons. The summed E-state index contributed by atoms with van der Waals surface area (Å²) >= 11 is 1.90. The van der Waals surface area contributed by atoms with Crippen molar-refractivity contribution < 1.29 is 9.59 Å². The van der Waals surface area contributed by atoms with Crippen LogP contribution in [0.4, 0.5) is 0 Å². The highest BCUT2D eigenvalue weighted by Gasteiger charge is 2.11. The van der Waals surface area contributed by atoms with Gasteiger partial charge in [-0.1, -0.05) is 27.7 Å². The van der Waals surface area contributed by atoms with Crippen LogP contribution in [0, 0.1) is 0 Å². The summed E-state index contributed by atoms with van der Waals surface area (Å²) in [7, 11) is 3.66. The summed E-state index contributed by atoms with van der Waals surface area (Å²) in [5.41, 5.74) is 0. The normalized spacial score (nSPS) is 12.2. The van der Waals surface area contributed by atoms with Crippen molar-refractivity contribution in [1.29, 1.82) is 0 Å². The quantitative estimate of drug-likeness (QED) is 0.527. The number of carbonyl (C=O) groups is 2. The standard InChI is InChI=1S/C14H28N2O2S.2C2H6/c1-11(17)13(15-3)7-5-9-19-10-6-8-14(16-4)12(2)18;2*1-2/h13-16H,5-10H2,1-4H3;2*1-2H3. The van der Waals surface area contributed by atoms with Crippen molar-refractivity contribution in [3.8, 4) is 0 Å². The van der Waals surface area contributed by atoms with Crippen molar-refractivity contribution in [2.75, 3.05) is 25.6 Å². The molecule has 0 aromatic heterocycles. The van der Waals surface area contributed by atoms with E-state index in [1.54, 1.807) is 13.8 Å². The summed E-state index contributed by atoms with van der Waals surface area (Å²) in [5, 5.41) is 6.07. The lowest BCUT2D eigenvalue weighted by molar-refractivity contribution is -0.119. The number of nitrogens with one attached hydrogen (secondary N) is 2. The van der Waals surface area contributed by atoms with Crippen molar-refractivity contribution in [3.05, 3.63) is 0 Å². The molecule has 0 amide bonds. The first kappa shape index (κ1) is 27.5. The zero-order valence-corrected chi connectivity index (χ0v) is 17.4. The molecule has 0 heterocycles. The number of likely N-dealkylation sites (N-methyl/N-ethyl adjacent to an activating group) is 2. The van der Waals surface area contributed by atoms with E-state index in [0.29, 0.717) is 0 Å². The Labute approximate surface area is 149 Å². The molecule has 0 aromatic carbocycles. The summed E-state index contributed by atoms with van der Waals surface area (Å²) in [4.78, 5) is 22.4. The minimum atomic E-state index is 0.00647. The molecular formula is C18H40N2O2S. The number of thioether (sulfide) groups is 1. The predicted octanol–water partition coefficient (Wildman–Crippen LogP) is 3.69. The molecule has 0 radical (unpaired) electrons. The van der Waals surface area contributed by atoms with Gasteiger partial charge in [-0.15, -0.1) is 0 Å². The zero-order valence-electron chi connectivity index (χ0n) is 16.6. The van der Waals surface area contributed by atoms with Gasteiger partial charge in [-0.05, 0) is 65.1 Å². The summed E-state index contributed by atoms with van der Waals surface area (Å²) in [5.74, 6) is 2.59. The minimum Gasteiger partial charge on any atom is -0.311 e. The third-order valence-corrected chi connectivity index (χ3v) is 4.40. The SMILES string of the molecule is CC.CC.CNC(CCCSCCCC(NC)C(C)=O)C(C)=O. The van der Waals surface area contributed by atoms with Crippen LogP contribution in [0.1, 0.15) is 67.2 Å². The van der Waals surface area contributed by atoms with Crippen molar-refractivity contribution in [2.45, 2.75) is 79.3 Å². The van der Waals surface area contributed by atoms with E-state index < -0.39 is 0 Å². The van der Waals surface area contributed by atoms with Gasteiger partial charge in [-0.2, -0.15) is 11.8 Å². The molecule has 0 saturated carbocycles. The fourth-order valence-corrected chi connectivity index (χ4v) is 2.93. The van der Waals surface area contributed by atoms with Crippen LogP contribution in [0.15, 0.2) is 0 Å². The molecule has 23 heavy (non-hydrogen) atoms. The molecule has 2 N–H and O–H groups in total. The van der Waals surface area contributed by atoms with Gasteiger partial charge >= 0.3 is 0 Å². The summed E-state index contributed by atoms with van der Waals surface area (Å²) in [6.07, 6.45) is 3.92. The highest BCUT2D eigenvalue weighted by Crippen LogP contribution is 2.11. The average Bonchev–Trinajstić information content (AvgIpc) is 2.56. The van der Waals surface area contributed by atoms with Crippen LogP contribution in [0.25, 0.3) is 0 Å². The Morgan fingerprint density at radius 2 is 1.09 bits per heavy atom. The first-order chi connectivity index (χ1) is 11.0. The molecule has 5 heteroatoms. The van der Waals surface area contributed by atoms with Crippen molar-refractivity contribution in [2.24, 2.45) is 0 Å². The lowest BCUT2D eigenvalue weighted by Crippen LogP contribution is -2.32. The Kier molecular flexibility index (Phi) is 25.8. The molecule has 0 saturated heterocycles. The highest BCUT2D eigenvalue weighted by molar-refractivity contribution is 7.99. The van der Waals surface area contributed by atoms with Crippen LogP contribution in [0.2, 0.25) is 0 Å². The fraction of sp³-hybridized carbons (Fsp3) is 0.889. The van der Waals surface area contributed by atoms with Gasteiger partial charge in [0.1, 0.15) is 11.6 Å². The number of ketones is 2. The number of hydrogen-bond acceptors (Lipinski definition) is 5. The number of carbonyl (C=O) groups excluding carboxylic acids is 2.